The number of aromatic nitrogens is 4. The molecule has 1 amide bonds. The van der Waals surface area contributed by atoms with Crippen LogP contribution in [0, 0.1) is 0 Å². The van der Waals surface area contributed by atoms with Crippen LogP contribution in [-0.2, 0) is 0 Å². The Morgan fingerprint density at radius 2 is 2.23 bits per heavy atom. The van der Waals surface area contributed by atoms with Crippen molar-refractivity contribution >= 4 is 23.2 Å². The summed E-state index contributed by atoms with van der Waals surface area (Å²) in [5.41, 5.74) is 1.16. The lowest BCUT2D eigenvalue weighted by Crippen LogP contribution is -2.43. The molecule has 3 heterocycles. The summed E-state index contributed by atoms with van der Waals surface area (Å²) in [7, 11) is 0. The molecular weight excluding hydrogens is 354 g/mol. The molecule has 26 heavy (non-hydrogen) atoms. The van der Waals surface area contributed by atoms with Crippen molar-refractivity contribution in [3.63, 3.8) is 0 Å². The van der Waals surface area contributed by atoms with Gasteiger partial charge in [0.25, 0.3) is 5.91 Å². The molecule has 1 atom stereocenters. The quantitative estimate of drug-likeness (QED) is 0.709. The van der Waals surface area contributed by atoms with E-state index in [1.807, 2.05) is 19.1 Å². The molecule has 1 aliphatic rings. The van der Waals surface area contributed by atoms with Crippen LogP contribution in [0.15, 0.2) is 49.2 Å². The molecule has 4 rings (SSSR count). The second-order valence-corrected chi connectivity index (χ2v) is 6.30. The zero-order chi connectivity index (χ0) is 18.1. The number of anilines is 1. The summed E-state index contributed by atoms with van der Waals surface area (Å²) in [6.45, 7) is 2.48. The standard InChI is InChI=1S/C18H16ClN5O2/c1-2-13-9-23(15-5-3-4-14(19)17(15)26-13)18(25)12-6-7-16(21-8-12)24-11-20-10-22-24/h3-8,10-11,13H,2,9H2,1H3/t13-/m0/s1. The summed E-state index contributed by atoms with van der Waals surface area (Å²) in [5, 5.41) is 4.53. The lowest BCUT2D eigenvalue weighted by Gasteiger charge is -2.35. The number of pyridine rings is 1. The van der Waals surface area contributed by atoms with E-state index in [1.54, 1.807) is 35.6 Å². The van der Waals surface area contributed by atoms with Gasteiger partial charge in [-0.15, -0.1) is 0 Å². The van der Waals surface area contributed by atoms with Crippen LogP contribution in [0.5, 0.6) is 5.75 Å². The molecular formula is C18H16ClN5O2. The van der Waals surface area contributed by atoms with Gasteiger partial charge in [0.1, 0.15) is 18.8 Å². The average molecular weight is 370 g/mol. The number of rotatable bonds is 3. The van der Waals surface area contributed by atoms with E-state index < -0.39 is 0 Å². The van der Waals surface area contributed by atoms with E-state index in [-0.39, 0.29) is 12.0 Å². The molecule has 7 nitrogen and oxygen atoms in total. The molecule has 0 saturated carbocycles. The van der Waals surface area contributed by atoms with E-state index in [0.29, 0.717) is 34.4 Å². The van der Waals surface area contributed by atoms with Crippen molar-refractivity contribution in [2.24, 2.45) is 0 Å². The highest BCUT2D eigenvalue weighted by Crippen LogP contribution is 2.40. The minimum Gasteiger partial charge on any atom is -0.485 e. The number of hydrogen-bond acceptors (Lipinski definition) is 5. The van der Waals surface area contributed by atoms with Gasteiger partial charge in [-0.25, -0.2) is 14.6 Å². The predicted octanol–water partition coefficient (Wildman–Crippen LogP) is 3.13. The van der Waals surface area contributed by atoms with Gasteiger partial charge in [0, 0.05) is 6.20 Å². The highest BCUT2D eigenvalue weighted by Gasteiger charge is 2.31. The average Bonchev–Trinajstić information content (AvgIpc) is 3.22. The third kappa shape index (κ3) is 2.90. The summed E-state index contributed by atoms with van der Waals surface area (Å²) in [6.07, 6.45) is 5.20. The van der Waals surface area contributed by atoms with Gasteiger partial charge in [-0.1, -0.05) is 24.6 Å². The van der Waals surface area contributed by atoms with Crippen LogP contribution in [0.2, 0.25) is 5.02 Å². The number of carbonyl (C=O) groups excluding carboxylic acids is 1. The second kappa shape index (κ2) is 6.76. The molecule has 0 radical (unpaired) electrons. The van der Waals surface area contributed by atoms with Crippen LogP contribution in [0.4, 0.5) is 5.69 Å². The summed E-state index contributed by atoms with van der Waals surface area (Å²) >= 11 is 6.27. The number of fused-ring (bicyclic) bond motifs is 1. The van der Waals surface area contributed by atoms with E-state index in [9.17, 15) is 4.79 Å². The highest BCUT2D eigenvalue weighted by atomic mass is 35.5. The fraction of sp³-hybridized carbons (Fsp3) is 0.222. The smallest absolute Gasteiger partial charge is 0.260 e. The first-order valence-electron chi connectivity index (χ1n) is 8.25. The lowest BCUT2D eigenvalue weighted by molar-refractivity contribution is 0.0954. The van der Waals surface area contributed by atoms with Gasteiger partial charge in [0.05, 0.1) is 22.8 Å². The number of carbonyl (C=O) groups is 1. The first-order valence-corrected chi connectivity index (χ1v) is 8.63. The van der Waals surface area contributed by atoms with Crippen molar-refractivity contribution in [3.05, 3.63) is 59.8 Å². The largest absolute Gasteiger partial charge is 0.485 e. The summed E-state index contributed by atoms with van der Waals surface area (Å²) < 4.78 is 7.47. The summed E-state index contributed by atoms with van der Waals surface area (Å²) in [5.74, 6) is 0.997. The Bertz CT molecular complexity index is 927. The Balaban J connectivity index is 1.66. The van der Waals surface area contributed by atoms with Gasteiger partial charge in [-0.3, -0.25) is 4.79 Å². The number of halogens is 1. The lowest BCUT2D eigenvalue weighted by atomic mass is 10.1. The Morgan fingerprint density at radius 3 is 2.92 bits per heavy atom. The molecule has 0 fully saturated rings. The molecule has 1 aliphatic heterocycles. The molecule has 132 valence electrons. The third-order valence-electron chi connectivity index (χ3n) is 4.26. The van der Waals surface area contributed by atoms with Crippen LogP contribution < -0.4 is 9.64 Å². The monoisotopic (exact) mass is 369 g/mol. The SMILES string of the molecule is CC[C@H]1CN(C(=O)c2ccc(-n3cncn3)nc2)c2cccc(Cl)c2O1. The Kier molecular flexibility index (Phi) is 4.30. The number of ether oxygens (including phenoxy) is 1. The van der Waals surface area contributed by atoms with Crippen LogP contribution in [0.25, 0.3) is 5.82 Å². The molecule has 2 aromatic heterocycles. The maximum atomic E-state index is 13.1. The van der Waals surface area contributed by atoms with E-state index in [0.717, 1.165) is 6.42 Å². The number of para-hydroxylation sites is 1. The van der Waals surface area contributed by atoms with Gasteiger partial charge >= 0.3 is 0 Å². The molecule has 3 aromatic rings. The maximum absolute atomic E-state index is 13.1. The van der Waals surface area contributed by atoms with Crippen molar-refractivity contribution < 1.29 is 9.53 Å². The van der Waals surface area contributed by atoms with E-state index >= 15 is 0 Å². The normalized spacial score (nSPS) is 16.1. The first-order chi connectivity index (χ1) is 12.7. The van der Waals surface area contributed by atoms with Crippen LogP contribution in [0.3, 0.4) is 0 Å². The van der Waals surface area contributed by atoms with E-state index in [4.69, 9.17) is 16.3 Å². The van der Waals surface area contributed by atoms with Gasteiger partial charge in [0.15, 0.2) is 11.6 Å². The fourth-order valence-corrected chi connectivity index (χ4v) is 3.08. The van der Waals surface area contributed by atoms with E-state index in [1.165, 1.54) is 11.0 Å². The van der Waals surface area contributed by atoms with Crippen LogP contribution >= 0.6 is 11.6 Å². The fourth-order valence-electron chi connectivity index (χ4n) is 2.87. The highest BCUT2D eigenvalue weighted by molar-refractivity contribution is 6.32. The van der Waals surface area contributed by atoms with Crippen molar-refractivity contribution in [1.82, 2.24) is 19.7 Å². The number of nitrogens with zero attached hydrogens (tertiary/aromatic N) is 5. The van der Waals surface area contributed by atoms with Gasteiger partial charge < -0.3 is 9.64 Å². The Hall–Kier alpha value is -2.93. The molecule has 0 saturated heterocycles. The van der Waals surface area contributed by atoms with Gasteiger partial charge in [-0.05, 0) is 30.7 Å². The van der Waals surface area contributed by atoms with Crippen molar-refractivity contribution in [2.75, 3.05) is 11.4 Å². The topological polar surface area (TPSA) is 73.1 Å². The Labute approximate surface area is 155 Å². The van der Waals surface area contributed by atoms with Crippen molar-refractivity contribution in [2.45, 2.75) is 19.4 Å². The first kappa shape index (κ1) is 16.5. The van der Waals surface area contributed by atoms with Gasteiger partial charge in [-0.2, -0.15) is 5.10 Å². The number of hydrogen-bond donors (Lipinski definition) is 0. The maximum Gasteiger partial charge on any atom is 0.260 e. The third-order valence-corrected chi connectivity index (χ3v) is 4.55. The molecule has 0 spiro atoms. The molecule has 0 aliphatic carbocycles. The van der Waals surface area contributed by atoms with Crippen molar-refractivity contribution in [1.29, 1.82) is 0 Å². The van der Waals surface area contributed by atoms with Gasteiger partial charge in [0.2, 0.25) is 0 Å². The predicted molar refractivity (Wildman–Crippen MR) is 97.0 cm³/mol. The zero-order valence-corrected chi connectivity index (χ0v) is 14.8. The molecule has 8 heteroatoms. The van der Waals surface area contributed by atoms with Crippen LogP contribution in [-0.4, -0.2) is 38.3 Å². The van der Waals surface area contributed by atoms with Crippen molar-refractivity contribution in [3.8, 4) is 11.6 Å². The zero-order valence-electron chi connectivity index (χ0n) is 14.0. The number of amides is 1. The van der Waals surface area contributed by atoms with E-state index in [2.05, 4.69) is 15.1 Å². The Morgan fingerprint density at radius 1 is 1.35 bits per heavy atom. The minimum absolute atomic E-state index is 0.103. The number of benzene rings is 1. The molecule has 0 unspecified atom stereocenters. The van der Waals surface area contributed by atoms with Crippen LogP contribution in [0.1, 0.15) is 23.7 Å². The molecule has 1 aromatic carbocycles. The molecule has 0 bridgehead atoms. The summed E-state index contributed by atoms with van der Waals surface area (Å²) in [6, 6.07) is 8.87. The second-order valence-electron chi connectivity index (χ2n) is 5.90. The molecule has 0 N–H and O–H groups in total. The summed E-state index contributed by atoms with van der Waals surface area (Å²) in [4.78, 5) is 23.0. The minimum atomic E-state index is -0.145.